The van der Waals surface area contributed by atoms with Crippen LogP contribution in [0.3, 0.4) is 0 Å². The van der Waals surface area contributed by atoms with Gasteiger partial charge in [0.1, 0.15) is 0 Å². The van der Waals surface area contributed by atoms with E-state index in [1.54, 1.807) is 0 Å². The second-order valence-corrected chi connectivity index (χ2v) is 4.96. The summed E-state index contributed by atoms with van der Waals surface area (Å²) in [6.45, 7) is 0.878. The fourth-order valence-corrected chi connectivity index (χ4v) is 2.56. The van der Waals surface area contributed by atoms with Gasteiger partial charge in [0.25, 0.3) is 0 Å². The van der Waals surface area contributed by atoms with Gasteiger partial charge in [-0.15, -0.1) is 0 Å². The van der Waals surface area contributed by atoms with Crippen LogP contribution in [0, 0.1) is 0 Å². The number of hydrogen-bond acceptors (Lipinski definition) is 3. The number of aliphatic hydroxyl groups excluding tert-OH is 1. The highest BCUT2D eigenvalue weighted by Crippen LogP contribution is 2.33. The van der Waals surface area contributed by atoms with Crippen molar-refractivity contribution in [2.45, 2.75) is 50.1 Å². The van der Waals surface area contributed by atoms with Crippen LogP contribution in [0.5, 0.6) is 0 Å². The zero-order chi connectivity index (χ0) is 10.9. The quantitative estimate of drug-likeness (QED) is 0.704. The van der Waals surface area contributed by atoms with Gasteiger partial charge in [0.15, 0.2) is 0 Å². The first-order valence-corrected chi connectivity index (χ1v) is 5.84. The number of carbonyl (C=O) groups is 1. The van der Waals surface area contributed by atoms with Gasteiger partial charge in [-0.1, -0.05) is 0 Å². The molecular formula is C11H20N2O2. The average molecular weight is 212 g/mol. The molecule has 0 aromatic heterocycles. The Morgan fingerprint density at radius 1 is 1.47 bits per heavy atom. The predicted molar refractivity (Wildman–Crippen MR) is 57.2 cm³/mol. The van der Waals surface area contributed by atoms with Crippen molar-refractivity contribution in [2.24, 2.45) is 5.73 Å². The molecule has 2 aliphatic rings. The first-order valence-electron chi connectivity index (χ1n) is 5.84. The highest BCUT2D eigenvalue weighted by atomic mass is 16.3. The third kappa shape index (κ3) is 2.16. The Morgan fingerprint density at radius 2 is 2.20 bits per heavy atom. The van der Waals surface area contributed by atoms with Gasteiger partial charge < -0.3 is 15.7 Å². The largest absolute Gasteiger partial charge is 0.394 e. The second-order valence-electron chi connectivity index (χ2n) is 4.96. The maximum absolute atomic E-state index is 12.0. The number of nitrogens with zero attached hydrogens (tertiary/aromatic N) is 1. The molecule has 0 spiro atoms. The van der Waals surface area contributed by atoms with Gasteiger partial charge in [-0.2, -0.15) is 0 Å². The molecule has 1 atom stereocenters. The molecule has 86 valence electrons. The molecule has 1 aliphatic heterocycles. The van der Waals surface area contributed by atoms with Gasteiger partial charge in [0.2, 0.25) is 5.91 Å². The topological polar surface area (TPSA) is 66.6 Å². The minimum absolute atomic E-state index is 0.0428. The Labute approximate surface area is 90.4 Å². The molecule has 0 aromatic rings. The van der Waals surface area contributed by atoms with E-state index in [4.69, 9.17) is 10.8 Å². The second kappa shape index (κ2) is 4.10. The van der Waals surface area contributed by atoms with Crippen LogP contribution in [0.4, 0.5) is 0 Å². The van der Waals surface area contributed by atoms with Crippen molar-refractivity contribution in [1.82, 2.24) is 4.90 Å². The first kappa shape index (κ1) is 10.9. The van der Waals surface area contributed by atoms with E-state index in [2.05, 4.69) is 0 Å². The first-order chi connectivity index (χ1) is 7.14. The molecule has 1 amide bonds. The van der Waals surface area contributed by atoms with Crippen molar-refractivity contribution in [3.8, 4) is 0 Å². The summed E-state index contributed by atoms with van der Waals surface area (Å²) < 4.78 is 0. The molecule has 1 heterocycles. The average Bonchev–Trinajstić information content (AvgIpc) is 2.62. The van der Waals surface area contributed by atoms with Crippen molar-refractivity contribution in [3.63, 3.8) is 0 Å². The van der Waals surface area contributed by atoms with Crippen molar-refractivity contribution in [3.05, 3.63) is 0 Å². The van der Waals surface area contributed by atoms with Crippen LogP contribution in [0.2, 0.25) is 0 Å². The molecule has 0 radical (unpaired) electrons. The highest BCUT2D eigenvalue weighted by Gasteiger charge is 2.38. The summed E-state index contributed by atoms with van der Waals surface area (Å²) in [6.07, 6.45) is 5.48. The van der Waals surface area contributed by atoms with Crippen molar-refractivity contribution < 1.29 is 9.90 Å². The zero-order valence-corrected chi connectivity index (χ0v) is 9.11. The number of likely N-dealkylation sites (tertiary alicyclic amines) is 1. The van der Waals surface area contributed by atoms with E-state index in [0.717, 1.165) is 38.6 Å². The summed E-state index contributed by atoms with van der Waals surface area (Å²) in [5.41, 5.74) is 5.81. The Balaban J connectivity index is 1.89. The number of hydrogen-bond donors (Lipinski definition) is 2. The molecule has 15 heavy (non-hydrogen) atoms. The Hall–Kier alpha value is -0.610. The van der Waals surface area contributed by atoms with Crippen molar-refractivity contribution in [1.29, 1.82) is 0 Å². The minimum atomic E-state index is -0.236. The van der Waals surface area contributed by atoms with Crippen LogP contribution in [0.25, 0.3) is 0 Å². The molecule has 4 nitrogen and oxygen atoms in total. The molecule has 1 unspecified atom stereocenters. The summed E-state index contributed by atoms with van der Waals surface area (Å²) in [4.78, 5) is 13.8. The van der Waals surface area contributed by atoms with Crippen LogP contribution >= 0.6 is 0 Å². The number of aliphatic hydroxyl groups is 1. The van der Waals surface area contributed by atoms with E-state index >= 15 is 0 Å². The van der Waals surface area contributed by atoms with Crippen molar-refractivity contribution >= 4 is 5.91 Å². The summed E-state index contributed by atoms with van der Waals surface area (Å²) in [5, 5.41) is 9.13. The molecular weight excluding hydrogens is 192 g/mol. The molecule has 1 aliphatic carbocycles. The highest BCUT2D eigenvalue weighted by molar-refractivity contribution is 5.78. The Kier molecular flexibility index (Phi) is 2.98. The van der Waals surface area contributed by atoms with Crippen LogP contribution in [0.1, 0.15) is 38.5 Å². The molecule has 1 saturated carbocycles. The summed E-state index contributed by atoms with van der Waals surface area (Å²) >= 11 is 0. The fraction of sp³-hybridized carbons (Fsp3) is 0.909. The monoisotopic (exact) mass is 212 g/mol. The molecule has 2 rings (SSSR count). The van der Waals surface area contributed by atoms with Crippen LogP contribution < -0.4 is 5.73 Å². The van der Waals surface area contributed by atoms with Gasteiger partial charge in [-0.05, 0) is 32.1 Å². The normalized spacial score (nSPS) is 28.9. The van der Waals surface area contributed by atoms with Gasteiger partial charge >= 0.3 is 0 Å². The predicted octanol–water partition coefficient (Wildman–Crippen LogP) is 0.241. The van der Waals surface area contributed by atoms with E-state index in [1.165, 1.54) is 0 Å². The van der Waals surface area contributed by atoms with E-state index < -0.39 is 0 Å². The number of amides is 1. The SMILES string of the molecule is NC1(CC(=O)N2CCCC2CO)CCC1. The minimum Gasteiger partial charge on any atom is -0.394 e. The number of carbonyl (C=O) groups excluding carboxylic acids is 1. The van der Waals surface area contributed by atoms with Crippen molar-refractivity contribution in [2.75, 3.05) is 13.2 Å². The smallest absolute Gasteiger partial charge is 0.224 e. The molecule has 1 saturated heterocycles. The van der Waals surface area contributed by atoms with Crippen LogP contribution in [0.15, 0.2) is 0 Å². The summed E-state index contributed by atoms with van der Waals surface area (Å²) in [6, 6.07) is 0.0428. The maximum Gasteiger partial charge on any atom is 0.224 e. The van der Waals surface area contributed by atoms with E-state index in [9.17, 15) is 4.79 Å². The lowest BCUT2D eigenvalue weighted by atomic mass is 9.75. The third-order valence-corrected chi connectivity index (χ3v) is 3.76. The summed E-state index contributed by atoms with van der Waals surface area (Å²) in [5.74, 6) is 0.133. The Bertz CT molecular complexity index is 251. The molecule has 2 fully saturated rings. The van der Waals surface area contributed by atoms with E-state index in [0.29, 0.717) is 6.42 Å². The number of rotatable bonds is 3. The number of nitrogens with two attached hydrogens (primary N) is 1. The third-order valence-electron chi connectivity index (χ3n) is 3.76. The maximum atomic E-state index is 12.0. The van der Waals surface area contributed by atoms with Gasteiger partial charge in [0.05, 0.1) is 12.6 Å². The summed E-state index contributed by atoms with van der Waals surface area (Å²) in [7, 11) is 0. The van der Waals surface area contributed by atoms with Gasteiger partial charge in [0, 0.05) is 18.5 Å². The molecule has 4 heteroatoms. The van der Waals surface area contributed by atoms with Crippen LogP contribution in [-0.4, -0.2) is 40.6 Å². The lowest BCUT2D eigenvalue weighted by Gasteiger charge is -2.39. The Morgan fingerprint density at radius 3 is 2.73 bits per heavy atom. The van der Waals surface area contributed by atoms with E-state index in [-0.39, 0.29) is 24.1 Å². The standard InChI is InChI=1S/C11H20N2O2/c12-11(4-2-5-11)7-10(15)13-6-1-3-9(13)8-14/h9,14H,1-8,12H2. The van der Waals surface area contributed by atoms with E-state index in [1.807, 2.05) is 4.90 Å². The van der Waals surface area contributed by atoms with Gasteiger partial charge in [-0.3, -0.25) is 4.79 Å². The molecule has 0 aromatic carbocycles. The molecule has 3 N–H and O–H groups in total. The van der Waals surface area contributed by atoms with Gasteiger partial charge in [-0.25, -0.2) is 0 Å². The zero-order valence-electron chi connectivity index (χ0n) is 9.11. The lowest BCUT2D eigenvalue weighted by molar-refractivity contribution is -0.134. The van der Waals surface area contributed by atoms with Crippen LogP contribution in [-0.2, 0) is 4.79 Å². The fourth-order valence-electron chi connectivity index (χ4n) is 2.56. The molecule has 0 bridgehead atoms. The lowest BCUT2D eigenvalue weighted by Crippen LogP contribution is -2.51.